The van der Waals surface area contributed by atoms with Crippen LogP contribution in [0.1, 0.15) is 113 Å². The van der Waals surface area contributed by atoms with E-state index < -0.39 is 6.10 Å². The van der Waals surface area contributed by atoms with Crippen LogP contribution in [0.2, 0.25) is 0 Å². The Morgan fingerprint density at radius 3 is 2.41 bits per heavy atom. The summed E-state index contributed by atoms with van der Waals surface area (Å²) in [4.78, 5) is 12.4. The van der Waals surface area contributed by atoms with E-state index in [0.29, 0.717) is 12.5 Å². The zero-order valence-corrected chi connectivity index (χ0v) is 25.0. The lowest BCUT2D eigenvalue weighted by Gasteiger charge is -2.70. The molecular formula is C34H54O3. The molecule has 0 aliphatic heterocycles. The molecule has 1 N–H and O–H groups in total. The molecule has 5 aliphatic carbocycles. The first-order valence-corrected chi connectivity index (χ1v) is 15.5. The van der Waals surface area contributed by atoms with Crippen LogP contribution in [-0.4, -0.2) is 23.8 Å². The normalized spacial score (nSPS) is 50.8. The molecule has 0 heterocycles. The Labute approximate surface area is 226 Å². The van der Waals surface area contributed by atoms with Crippen molar-refractivity contribution in [3.63, 3.8) is 0 Å². The number of aliphatic hydroxyl groups excluding tert-OH is 1. The van der Waals surface area contributed by atoms with Crippen molar-refractivity contribution >= 4 is 5.97 Å². The summed E-state index contributed by atoms with van der Waals surface area (Å²) in [6, 6.07) is 0. The second kappa shape index (κ2) is 8.97. The quantitative estimate of drug-likeness (QED) is 0.237. The van der Waals surface area contributed by atoms with Crippen molar-refractivity contribution < 1.29 is 14.6 Å². The predicted molar refractivity (Wildman–Crippen MR) is 151 cm³/mol. The Morgan fingerprint density at radius 2 is 1.70 bits per heavy atom. The molecule has 0 aromatic carbocycles. The Bertz CT molecular complexity index is 978. The molecule has 5 rings (SSSR count). The highest BCUT2D eigenvalue weighted by molar-refractivity contribution is 5.82. The number of hydrogen-bond donors (Lipinski definition) is 1. The van der Waals surface area contributed by atoms with E-state index >= 15 is 0 Å². The minimum atomic E-state index is -0.409. The first-order chi connectivity index (χ1) is 17.2. The number of allylic oxidation sites excluding steroid dienone is 2. The Balaban J connectivity index is 1.58. The van der Waals surface area contributed by atoms with Crippen LogP contribution >= 0.6 is 0 Å². The highest BCUT2D eigenvalue weighted by atomic mass is 16.5. The number of aliphatic hydroxyl groups is 1. The van der Waals surface area contributed by atoms with E-state index in [2.05, 4.69) is 60.6 Å². The lowest BCUT2D eigenvalue weighted by atomic mass is 9.34. The number of esters is 1. The van der Waals surface area contributed by atoms with Gasteiger partial charge in [-0.05, 0) is 121 Å². The van der Waals surface area contributed by atoms with E-state index in [-0.39, 0.29) is 39.0 Å². The molecule has 3 heteroatoms. The van der Waals surface area contributed by atoms with Gasteiger partial charge >= 0.3 is 5.97 Å². The molecule has 0 aromatic heterocycles. The van der Waals surface area contributed by atoms with Crippen LogP contribution < -0.4 is 0 Å². The molecule has 0 radical (unpaired) electrons. The summed E-state index contributed by atoms with van der Waals surface area (Å²) in [5.41, 5.74) is 2.24. The molecule has 0 bridgehead atoms. The average Bonchev–Trinajstić information content (AvgIpc) is 2.82. The lowest BCUT2D eigenvalue weighted by molar-refractivity contribution is -0.178. The third kappa shape index (κ3) is 3.94. The first-order valence-electron chi connectivity index (χ1n) is 15.5. The topological polar surface area (TPSA) is 46.5 Å². The maximum absolute atomic E-state index is 12.4. The van der Waals surface area contributed by atoms with Gasteiger partial charge in [-0.2, -0.15) is 0 Å². The number of fused-ring (bicyclic) bond motifs is 7. The molecule has 10 atom stereocenters. The molecule has 4 saturated carbocycles. The van der Waals surface area contributed by atoms with Crippen molar-refractivity contribution in [2.45, 2.75) is 119 Å². The smallest absolute Gasteiger partial charge is 0.330 e. The highest BCUT2D eigenvalue weighted by Gasteiger charge is 2.68. The van der Waals surface area contributed by atoms with Gasteiger partial charge in [0.2, 0.25) is 0 Å². The van der Waals surface area contributed by atoms with Gasteiger partial charge in [-0.3, -0.25) is 0 Å². The minimum Gasteiger partial charge on any atom is -0.463 e. The van der Waals surface area contributed by atoms with E-state index in [1.165, 1.54) is 32.1 Å². The minimum absolute atomic E-state index is 0.0228. The summed E-state index contributed by atoms with van der Waals surface area (Å²) in [6.45, 7) is 19.7. The predicted octanol–water partition coefficient (Wildman–Crippen LogP) is 8.12. The maximum atomic E-state index is 12.4. The van der Waals surface area contributed by atoms with Crippen LogP contribution in [0.15, 0.2) is 23.8 Å². The molecule has 2 unspecified atom stereocenters. The molecule has 0 saturated heterocycles. The number of carbonyl (C=O) groups excluding carboxylic acids is 1. The Kier molecular flexibility index (Phi) is 6.66. The average molecular weight is 511 g/mol. The standard InChI is InChI=1S/C34H54O3/c1-9-37-28(36)12-15-34-18-16-30(4,5)21-25(34)29-26(35)20-27-31(6)13-10-22(2)23(3)24(31)11-14-32(27,7)33(29,8)17-19-34/h12,15,20,22-26,29,35H,9-11,13-14,16-19,21H2,1-8H3/b15-12+/t22-,23+,24-,25?,26+,29?,31-,32+,33+,34+/m0/s1. The van der Waals surface area contributed by atoms with Crippen molar-refractivity contribution in [3.8, 4) is 0 Å². The molecule has 0 amide bonds. The van der Waals surface area contributed by atoms with Crippen molar-refractivity contribution in [2.24, 2.45) is 56.7 Å². The summed E-state index contributed by atoms with van der Waals surface area (Å²) in [5, 5.41) is 12.1. The number of carbonyl (C=O) groups is 1. The molecule has 3 nitrogen and oxygen atoms in total. The van der Waals surface area contributed by atoms with Crippen LogP contribution in [0.25, 0.3) is 0 Å². The fourth-order valence-corrected chi connectivity index (χ4v) is 10.8. The van der Waals surface area contributed by atoms with Crippen LogP contribution in [-0.2, 0) is 9.53 Å². The lowest BCUT2D eigenvalue weighted by Crippen LogP contribution is -2.64. The Hall–Kier alpha value is -1.09. The largest absolute Gasteiger partial charge is 0.463 e. The van der Waals surface area contributed by atoms with E-state index in [1.807, 2.05) is 6.92 Å². The molecule has 0 spiro atoms. The van der Waals surface area contributed by atoms with Crippen molar-refractivity contribution in [1.29, 1.82) is 0 Å². The molecule has 37 heavy (non-hydrogen) atoms. The zero-order chi connectivity index (χ0) is 27.0. The molecular weight excluding hydrogens is 456 g/mol. The van der Waals surface area contributed by atoms with Gasteiger partial charge in [0, 0.05) is 6.08 Å². The number of ether oxygens (including phenoxy) is 1. The summed E-state index contributed by atoms with van der Waals surface area (Å²) in [6.07, 6.45) is 16.7. The van der Waals surface area contributed by atoms with Gasteiger partial charge in [-0.15, -0.1) is 0 Å². The monoisotopic (exact) mass is 510 g/mol. The van der Waals surface area contributed by atoms with Crippen LogP contribution in [0.3, 0.4) is 0 Å². The summed E-state index contributed by atoms with van der Waals surface area (Å²) >= 11 is 0. The fraction of sp³-hybridized carbons (Fsp3) is 0.853. The van der Waals surface area contributed by atoms with Gasteiger partial charge in [0.05, 0.1) is 12.7 Å². The molecule has 4 fully saturated rings. The van der Waals surface area contributed by atoms with Gasteiger partial charge in [0.25, 0.3) is 0 Å². The van der Waals surface area contributed by atoms with Crippen molar-refractivity contribution in [1.82, 2.24) is 0 Å². The van der Waals surface area contributed by atoms with Crippen molar-refractivity contribution in [3.05, 3.63) is 23.8 Å². The third-order valence-corrected chi connectivity index (χ3v) is 13.5. The van der Waals surface area contributed by atoms with Gasteiger partial charge in [-0.1, -0.05) is 66.2 Å². The summed E-state index contributed by atoms with van der Waals surface area (Å²) in [5.74, 6) is 2.65. The summed E-state index contributed by atoms with van der Waals surface area (Å²) in [7, 11) is 0. The first kappa shape index (κ1) is 27.5. The second-order valence-electron chi connectivity index (χ2n) is 15.6. The van der Waals surface area contributed by atoms with Gasteiger partial charge in [-0.25, -0.2) is 4.79 Å². The van der Waals surface area contributed by atoms with Crippen LogP contribution in [0.5, 0.6) is 0 Å². The summed E-state index contributed by atoms with van der Waals surface area (Å²) < 4.78 is 5.28. The highest BCUT2D eigenvalue weighted by Crippen LogP contribution is 2.75. The second-order valence-corrected chi connectivity index (χ2v) is 15.6. The van der Waals surface area contributed by atoms with E-state index in [4.69, 9.17) is 4.74 Å². The Morgan fingerprint density at radius 1 is 1.00 bits per heavy atom. The van der Waals surface area contributed by atoms with E-state index in [9.17, 15) is 9.90 Å². The van der Waals surface area contributed by atoms with Gasteiger partial charge < -0.3 is 9.84 Å². The van der Waals surface area contributed by atoms with E-state index in [1.54, 1.807) is 11.6 Å². The maximum Gasteiger partial charge on any atom is 0.330 e. The van der Waals surface area contributed by atoms with Crippen LogP contribution in [0, 0.1) is 56.7 Å². The fourth-order valence-electron chi connectivity index (χ4n) is 10.8. The van der Waals surface area contributed by atoms with Crippen molar-refractivity contribution in [2.75, 3.05) is 6.61 Å². The molecule has 0 aromatic rings. The van der Waals surface area contributed by atoms with E-state index in [0.717, 1.165) is 43.4 Å². The van der Waals surface area contributed by atoms with Gasteiger partial charge in [0.15, 0.2) is 0 Å². The number of hydrogen-bond acceptors (Lipinski definition) is 3. The molecule has 5 aliphatic rings. The SMILES string of the molecule is CCOC(=O)/C=C/[C@]12CCC(C)(C)CC1C1[C@H](O)C=C3[C@@]4(C)CC[C@H](C)[C@@H](C)[C@@H]4CC[C@@]3(C)[C@]1(C)CC2. The van der Waals surface area contributed by atoms with Gasteiger partial charge in [0.1, 0.15) is 0 Å². The van der Waals surface area contributed by atoms with Crippen LogP contribution in [0.4, 0.5) is 0 Å². The molecule has 208 valence electrons. The number of rotatable bonds is 3. The zero-order valence-electron chi connectivity index (χ0n) is 25.0. The third-order valence-electron chi connectivity index (χ3n) is 13.5.